The number of halogens is 3. The molecular formula is C10H13F3N2. The van der Waals surface area contributed by atoms with Crippen LogP contribution in [0.2, 0.25) is 0 Å². The zero-order valence-corrected chi connectivity index (χ0v) is 8.38. The van der Waals surface area contributed by atoms with Gasteiger partial charge in [0.05, 0.1) is 0 Å². The minimum atomic E-state index is -4.15. The second kappa shape index (κ2) is 4.61. The van der Waals surface area contributed by atoms with Crippen molar-refractivity contribution in [3.8, 4) is 0 Å². The minimum Gasteiger partial charge on any atom is -0.324 e. The van der Waals surface area contributed by atoms with Gasteiger partial charge in [-0.25, -0.2) is 0 Å². The number of rotatable bonds is 3. The van der Waals surface area contributed by atoms with Crippen LogP contribution >= 0.6 is 0 Å². The van der Waals surface area contributed by atoms with Crippen molar-refractivity contribution in [3.63, 3.8) is 0 Å². The molecule has 0 saturated carbocycles. The Hall–Kier alpha value is -1.10. The van der Waals surface area contributed by atoms with E-state index in [1.807, 2.05) is 6.92 Å². The van der Waals surface area contributed by atoms with Gasteiger partial charge in [-0.2, -0.15) is 13.2 Å². The van der Waals surface area contributed by atoms with Crippen molar-refractivity contribution in [2.24, 2.45) is 5.73 Å². The number of nitrogens with zero attached hydrogens (tertiary/aromatic N) is 1. The van der Waals surface area contributed by atoms with Crippen molar-refractivity contribution >= 4 is 0 Å². The van der Waals surface area contributed by atoms with E-state index in [-0.39, 0.29) is 6.42 Å². The molecule has 2 nitrogen and oxygen atoms in total. The van der Waals surface area contributed by atoms with Gasteiger partial charge in [0.2, 0.25) is 0 Å². The van der Waals surface area contributed by atoms with Crippen LogP contribution in [0.1, 0.15) is 30.0 Å². The summed E-state index contributed by atoms with van der Waals surface area (Å²) in [5, 5.41) is 0. The van der Waals surface area contributed by atoms with E-state index in [2.05, 4.69) is 4.98 Å². The van der Waals surface area contributed by atoms with Gasteiger partial charge < -0.3 is 5.73 Å². The van der Waals surface area contributed by atoms with Crippen molar-refractivity contribution in [1.82, 2.24) is 4.98 Å². The van der Waals surface area contributed by atoms with Crippen molar-refractivity contribution in [3.05, 3.63) is 29.6 Å². The molecule has 0 spiro atoms. The van der Waals surface area contributed by atoms with Crippen LogP contribution in [-0.2, 0) is 0 Å². The Morgan fingerprint density at radius 2 is 2.13 bits per heavy atom. The van der Waals surface area contributed by atoms with Gasteiger partial charge in [0.25, 0.3) is 0 Å². The Kier molecular flexibility index (Phi) is 3.68. The third-order valence-electron chi connectivity index (χ3n) is 2.22. The SMILES string of the molecule is Cc1ccncc1C(N)CCC(F)(F)F. The third-order valence-corrected chi connectivity index (χ3v) is 2.22. The molecule has 84 valence electrons. The summed E-state index contributed by atoms with van der Waals surface area (Å²) >= 11 is 0. The monoisotopic (exact) mass is 218 g/mol. The van der Waals surface area contributed by atoms with Crippen molar-refractivity contribution in [2.45, 2.75) is 32.0 Å². The standard InChI is InChI=1S/C10H13F3N2/c1-7-3-5-15-6-8(7)9(14)2-4-10(11,12)13/h3,5-6,9H,2,4,14H2,1H3. The highest BCUT2D eigenvalue weighted by Gasteiger charge is 2.28. The molecule has 15 heavy (non-hydrogen) atoms. The lowest BCUT2D eigenvalue weighted by Crippen LogP contribution is -2.16. The topological polar surface area (TPSA) is 38.9 Å². The van der Waals surface area contributed by atoms with E-state index in [4.69, 9.17) is 5.73 Å². The molecule has 2 N–H and O–H groups in total. The van der Waals surface area contributed by atoms with Crippen molar-refractivity contribution in [1.29, 1.82) is 0 Å². The summed E-state index contributed by atoms with van der Waals surface area (Å²) in [6.45, 7) is 1.81. The van der Waals surface area contributed by atoms with Crippen LogP contribution in [-0.4, -0.2) is 11.2 Å². The summed E-state index contributed by atoms with van der Waals surface area (Å²) in [5.41, 5.74) is 7.22. The van der Waals surface area contributed by atoms with Crippen LogP contribution in [0.5, 0.6) is 0 Å². The lowest BCUT2D eigenvalue weighted by molar-refractivity contribution is -0.136. The summed E-state index contributed by atoms with van der Waals surface area (Å²) in [6, 6.07) is 1.14. The Morgan fingerprint density at radius 3 is 2.67 bits per heavy atom. The largest absolute Gasteiger partial charge is 0.389 e. The molecule has 1 aromatic rings. The Bertz CT molecular complexity index is 323. The minimum absolute atomic E-state index is 0.101. The quantitative estimate of drug-likeness (QED) is 0.847. The van der Waals surface area contributed by atoms with E-state index in [1.54, 1.807) is 12.3 Å². The Morgan fingerprint density at radius 1 is 1.47 bits per heavy atom. The van der Waals surface area contributed by atoms with E-state index < -0.39 is 18.6 Å². The maximum Gasteiger partial charge on any atom is 0.389 e. The fourth-order valence-electron chi connectivity index (χ4n) is 1.34. The number of pyridine rings is 1. The summed E-state index contributed by atoms with van der Waals surface area (Å²) in [5.74, 6) is 0. The van der Waals surface area contributed by atoms with Gasteiger partial charge in [-0.15, -0.1) is 0 Å². The van der Waals surface area contributed by atoms with Gasteiger partial charge in [0, 0.05) is 24.9 Å². The van der Waals surface area contributed by atoms with Gasteiger partial charge in [-0.1, -0.05) is 0 Å². The summed E-state index contributed by atoms with van der Waals surface area (Å²) < 4.78 is 35.9. The number of aryl methyl sites for hydroxylation is 1. The first kappa shape index (κ1) is 12.0. The number of aromatic nitrogens is 1. The Labute approximate surface area is 86.3 Å². The summed E-state index contributed by atoms with van der Waals surface area (Å²) in [7, 11) is 0. The molecule has 0 aliphatic carbocycles. The molecule has 0 fully saturated rings. The molecule has 0 aromatic carbocycles. The second-order valence-corrected chi connectivity index (χ2v) is 3.49. The van der Waals surface area contributed by atoms with Crippen LogP contribution < -0.4 is 5.73 Å². The highest BCUT2D eigenvalue weighted by Crippen LogP contribution is 2.26. The maximum absolute atomic E-state index is 12.0. The van der Waals surface area contributed by atoms with E-state index in [9.17, 15) is 13.2 Å². The third kappa shape index (κ3) is 3.87. The molecule has 0 amide bonds. The van der Waals surface area contributed by atoms with Crippen molar-refractivity contribution < 1.29 is 13.2 Å². The average Bonchev–Trinajstić information content (AvgIpc) is 2.14. The van der Waals surface area contributed by atoms with Gasteiger partial charge in [0.15, 0.2) is 0 Å². The molecule has 5 heteroatoms. The van der Waals surface area contributed by atoms with Crippen LogP contribution in [0, 0.1) is 6.92 Å². The van der Waals surface area contributed by atoms with Crippen LogP contribution in [0.3, 0.4) is 0 Å². The van der Waals surface area contributed by atoms with Crippen molar-refractivity contribution in [2.75, 3.05) is 0 Å². The zero-order valence-electron chi connectivity index (χ0n) is 8.38. The van der Waals surface area contributed by atoms with E-state index in [0.717, 1.165) is 5.56 Å². The molecule has 0 saturated heterocycles. The maximum atomic E-state index is 12.0. The second-order valence-electron chi connectivity index (χ2n) is 3.49. The predicted molar refractivity (Wildman–Crippen MR) is 51.2 cm³/mol. The smallest absolute Gasteiger partial charge is 0.324 e. The molecular weight excluding hydrogens is 205 g/mol. The summed E-state index contributed by atoms with van der Waals surface area (Å²) in [6.07, 6.45) is -1.99. The molecule has 0 bridgehead atoms. The van der Waals surface area contributed by atoms with E-state index in [1.165, 1.54) is 6.20 Å². The van der Waals surface area contributed by atoms with Gasteiger partial charge in [-0.05, 0) is 30.5 Å². The fourth-order valence-corrected chi connectivity index (χ4v) is 1.34. The van der Waals surface area contributed by atoms with E-state index in [0.29, 0.717) is 5.56 Å². The van der Waals surface area contributed by atoms with Gasteiger partial charge >= 0.3 is 6.18 Å². The Balaban J connectivity index is 2.62. The van der Waals surface area contributed by atoms with Crippen LogP contribution in [0.25, 0.3) is 0 Å². The molecule has 1 aromatic heterocycles. The molecule has 1 rings (SSSR count). The predicted octanol–water partition coefficient (Wildman–Crippen LogP) is 2.73. The lowest BCUT2D eigenvalue weighted by atomic mass is 10.0. The van der Waals surface area contributed by atoms with Crippen LogP contribution in [0.15, 0.2) is 18.5 Å². The van der Waals surface area contributed by atoms with E-state index >= 15 is 0 Å². The molecule has 0 radical (unpaired) electrons. The average molecular weight is 218 g/mol. The number of hydrogen-bond acceptors (Lipinski definition) is 2. The molecule has 1 heterocycles. The summed E-state index contributed by atoms with van der Waals surface area (Å²) in [4.78, 5) is 3.85. The highest BCUT2D eigenvalue weighted by atomic mass is 19.4. The normalized spacial score (nSPS) is 13.9. The molecule has 0 aliphatic rings. The molecule has 1 atom stereocenters. The first-order valence-corrected chi connectivity index (χ1v) is 4.63. The molecule has 0 aliphatic heterocycles. The highest BCUT2D eigenvalue weighted by molar-refractivity contribution is 5.24. The number of nitrogens with two attached hydrogens (primary N) is 1. The van der Waals surface area contributed by atoms with Crippen LogP contribution in [0.4, 0.5) is 13.2 Å². The zero-order chi connectivity index (χ0) is 11.5. The first-order chi connectivity index (χ1) is 6.90. The first-order valence-electron chi connectivity index (χ1n) is 4.63. The number of alkyl halides is 3. The fraction of sp³-hybridized carbons (Fsp3) is 0.500. The lowest BCUT2D eigenvalue weighted by Gasteiger charge is -2.14. The van der Waals surface area contributed by atoms with Gasteiger partial charge in [-0.3, -0.25) is 4.98 Å². The van der Waals surface area contributed by atoms with Gasteiger partial charge in [0.1, 0.15) is 0 Å². The number of hydrogen-bond donors (Lipinski definition) is 1. The molecule has 1 unspecified atom stereocenters.